The molecule has 3 rings (SSSR count). The van der Waals surface area contributed by atoms with Gasteiger partial charge in [-0.2, -0.15) is 0 Å². The lowest BCUT2D eigenvalue weighted by molar-refractivity contribution is -0.137. The molecule has 3 nitrogen and oxygen atoms in total. The molecule has 3 atom stereocenters. The minimum Gasteiger partial charge on any atom is -0.426 e. The monoisotopic (exact) mass is 449 g/mol. The van der Waals surface area contributed by atoms with Crippen LogP contribution in [-0.4, -0.2) is 29.5 Å². The number of hydrogen-bond donors (Lipinski definition) is 0. The van der Waals surface area contributed by atoms with E-state index in [2.05, 4.69) is 88.0 Å². The van der Waals surface area contributed by atoms with Gasteiger partial charge in [-0.3, -0.25) is 9.69 Å². The minimum atomic E-state index is -0.167. The summed E-state index contributed by atoms with van der Waals surface area (Å²) in [6.07, 6.45) is 3.48. The van der Waals surface area contributed by atoms with Crippen LogP contribution >= 0.6 is 0 Å². The van der Waals surface area contributed by atoms with Crippen molar-refractivity contribution in [1.29, 1.82) is 0 Å². The molecule has 33 heavy (non-hydrogen) atoms. The molecule has 0 saturated heterocycles. The second-order valence-electron chi connectivity index (χ2n) is 10.6. The van der Waals surface area contributed by atoms with Gasteiger partial charge >= 0.3 is 5.97 Å². The molecule has 2 aromatic carbocycles. The zero-order valence-electron chi connectivity index (χ0n) is 21.7. The first kappa shape index (κ1) is 25.5. The number of ether oxygens (including phenoxy) is 1. The summed E-state index contributed by atoms with van der Waals surface area (Å²) in [5, 5.41) is 0. The number of rotatable bonds is 11. The highest BCUT2D eigenvalue weighted by Gasteiger charge is 2.37. The van der Waals surface area contributed by atoms with Gasteiger partial charge in [-0.05, 0) is 76.1 Å². The molecule has 0 amide bonds. The number of carbonyl (C=O) groups is 1. The van der Waals surface area contributed by atoms with E-state index < -0.39 is 0 Å². The Balaban J connectivity index is 2.02. The maximum atomic E-state index is 12.6. The molecule has 0 radical (unpaired) electrons. The highest BCUT2D eigenvalue weighted by Crippen LogP contribution is 2.50. The molecule has 0 spiro atoms. The average molecular weight is 450 g/mol. The van der Waals surface area contributed by atoms with Gasteiger partial charge in [-0.25, -0.2) is 0 Å². The second-order valence-corrected chi connectivity index (χ2v) is 10.6. The Morgan fingerprint density at radius 1 is 1.00 bits per heavy atom. The third kappa shape index (κ3) is 6.47. The molecule has 1 aliphatic rings. The van der Waals surface area contributed by atoms with Crippen molar-refractivity contribution in [3.8, 4) is 5.75 Å². The van der Waals surface area contributed by atoms with Crippen molar-refractivity contribution in [2.75, 3.05) is 6.54 Å². The van der Waals surface area contributed by atoms with Crippen LogP contribution in [0.3, 0.4) is 0 Å². The van der Waals surface area contributed by atoms with Crippen molar-refractivity contribution in [2.24, 2.45) is 11.8 Å². The SMILES string of the molecule is CCC1CC1c1ccc(OC(=O)C(C)C)c([C@H](CCN(C(C)C)C(C)C)c2ccccc2)c1. The van der Waals surface area contributed by atoms with Crippen LogP contribution in [0.5, 0.6) is 5.75 Å². The van der Waals surface area contributed by atoms with Crippen LogP contribution in [0.2, 0.25) is 0 Å². The van der Waals surface area contributed by atoms with Crippen molar-refractivity contribution >= 4 is 5.97 Å². The second kappa shape index (κ2) is 11.3. The topological polar surface area (TPSA) is 29.5 Å². The Morgan fingerprint density at radius 3 is 2.21 bits per heavy atom. The van der Waals surface area contributed by atoms with Crippen molar-refractivity contribution in [3.63, 3.8) is 0 Å². The summed E-state index contributed by atoms with van der Waals surface area (Å²) in [4.78, 5) is 15.1. The van der Waals surface area contributed by atoms with Gasteiger partial charge in [0.25, 0.3) is 0 Å². The molecule has 0 aliphatic heterocycles. The van der Waals surface area contributed by atoms with E-state index in [1.807, 2.05) is 13.8 Å². The summed E-state index contributed by atoms with van der Waals surface area (Å²) in [5.41, 5.74) is 3.83. The van der Waals surface area contributed by atoms with E-state index in [4.69, 9.17) is 4.74 Å². The third-order valence-electron chi connectivity index (χ3n) is 7.17. The fourth-order valence-electron chi connectivity index (χ4n) is 5.07. The molecule has 2 unspecified atom stereocenters. The highest BCUT2D eigenvalue weighted by molar-refractivity contribution is 5.75. The molecule has 180 valence electrons. The first-order valence-electron chi connectivity index (χ1n) is 12.9. The fraction of sp³-hybridized carbons (Fsp3) is 0.567. The van der Waals surface area contributed by atoms with Gasteiger partial charge < -0.3 is 4.74 Å². The van der Waals surface area contributed by atoms with Crippen LogP contribution < -0.4 is 4.74 Å². The van der Waals surface area contributed by atoms with Crippen LogP contribution in [-0.2, 0) is 4.79 Å². The van der Waals surface area contributed by atoms with E-state index in [9.17, 15) is 4.79 Å². The summed E-state index contributed by atoms with van der Waals surface area (Å²) in [6.45, 7) is 16.1. The van der Waals surface area contributed by atoms with E-state index in [0.29, 0.717) is 18.0 Å². The smallest absolute Gasteiger partial charge is 0.313 e. The third-order valence-corrected chi connectivity index (χ3v) is 7.17. The van der Waals surface area contributed by atoms with Crippen LogP contribution in [0.4, 0.5) is 0 Å². The van der Waals surface area contributed by atoms with Crippen LogP contribution in [0.25, 0.3) is 0 Å². The fourth-order valence-corrected chi connectivity index (χ4v) is 5.07. The van der Waals surface area contributed by atoms with E-state index >= 15 is 0 Å². The summed E-state index contributed by atoms with van der Waals surface area (Å²) >= 11 is 0. The lowest BCUT2D eigenvalue weighted by Crippen LogP contribution is -2.38. The zero-order chi connectivity index (χ0) is 24.1. The summed E-state index contributed by atoms with van der Waals surface area (Å²) in [6, 6.07) is 18.3. The molecule has 1 fully saturated rings. The standard InChI is InChI=1S/C30H43NO2/c1-8-23-18-27(23)25-14-15-29(33-30(32)20(2)3)28(19-25)26(24-12-10-9-11-13-24)16-17-31(21(4)5)22(6)7/h9-15,19-23,26-27H,8,16-18H2,1-7H3/t23?,26-,27?/m1/s1. The molecule has 0 aromatic heterocycles. The summed E-state index contributed by atoms with van der Waals surface area (Å²) in [7, 11) is 0. The number of hydrogen-bond acceptors (Lipinski definition) is 3. The van der Waals surface area contributed by atoms with Gasteiger partial charge in [0.05, 0.1) is 5.92 Å². The van der Waals surface area contributed by atoms with Gasteiger partial charge in [-0.1, -0.05) is 69.7 Å². The molecule has 3 heteroatoms. The van der Waals surface area contributed by atoms with Crippen LogP contribution in [0, 0.1) is 11.8 Å². The average Bonchev–Trinajstić information content (AvgIpc) is 3.57. The van der Waals surface area contributed by atoms with Gasteiger partial charge in [0.2, 0.25) is 0 Å². The van der Waals surface area contributed by atoms with E-state index in [0.717, 1.165) is 30.2 Å². The zero-order valence-corrected chi connectivity index (χ0v) is 21.7. The number of nitrogens with zero attached hydrogens (tertiary/aromatic N) is 1. The molecule has 1 aliphatic carbocycles. The Bertz CT molecular complexity index is 895. The van der Waals surface area contributed by atoms with Crippen molar-refractivity contribution in [1.82, 2.24) is 4.90 Å². The summed E-state index contributed by atoms with van der Waals surface area (Å²) < 4.78 is 5.97. The molecule has 1 saturated carbocycles. The maximum Gasteiger partial charge on any atom is 0.313 e. The quantitative estimate of drug-likeness (QED) is 0.264. The van der Waals surface area contributed by atoms with Crippen LogP contribution in [0.15, 0.2) is 48.5 Å². The number of carbonyl (C=O) groups excluding carboxylic acids is 1. The number of benzene rings is 2. The van der Waals surface area contributed by atoms with Gasteiger partial charge in [0.1, 0.15) is 5.75 Å². The molecule has 0 heterocycles. The Hall–Kier alpha value is -2.13. The molecular weight excluding hydrogens is 406 g/mol. The predicted octanol–water partition coefficient (Wildman–Crippen LogP) is 7.40. The minimum absolute atomic E-state index is 0.155. The van der Waals surface area contributed by atoms with Crippen molar-refractivity contribution < 1.29 is 9.53 Å². The van der Waals surface area contributed by atoms with Gasteiger partial charge in [0.15, 0.2) is 0 Å². The van der Waals surface area contributed by atoms with Crippen molar-refractivity contribution in [3.05, 3.63) is 65.2 Å². The summed E-state index contributed by atoms with van der Waals surface area (Å²) in [5.74, 6) is 2.01. The molecule has 0 N–H and O–H groups in total. The lowest BCUT2D eigenvalue weighted by atomic mass is 9.86. The van der Waals surface area contributed by atoms with E-state index in [1.165, 1.54) is 24.0 Å². The predicted molar refractivity (Wildman–Crippen MR) is 138 cm³/mol. The van der Waals surface area contributed by atoms with E-state index in [-0.39, 0.29) is 17.8 Å². The Labute approximate surface area is 201 Å². The van der Waals surface area contributed by atoms with Gasteiger partial charge in [0, 0.05) is 23.6 Å². The Morgan fingerprint density at radius 2 is 1.67 bits per heavy atom. The van der Waals surface area contributed by atoms with Gasteiger partial charge in [-0.15, -0.1) is 0 Å². The highest BCUT2D eigenvalue weighted by atomic mass is 16.5. The lowest BCUT2D eigenvalue weighted by Gasteiger charge is -2.32. The Kier molecular flexibility index (Phi) is 8.75. The number of esters is 1. The first-order chi connectivity index (χ1) is 15.7. The van der Waals surface area contributed by atoms with E-state index in [1.54, 1.807) is 0 Å². The first-order valence-corrected chi connectivity index (χ1v) is 12.9. The molecule has 0 bridgehead atoms. The normalized spacial score (nSPS) is 18.9. The van der Waals surface area contributed by atoms with Crippen molar-refractivity contribution in [2.45, 2.75) is 91.6 Å². The molecular formula is C30H43NO2. The maximum absolute atomic E-state index is 12.6. The molecule has 2 aromatic rings. The largest absolute Gasteiger partial charge is 0.426 e. The van der Waals surface area contributed by atoms with Crippen LogP contribution in [0.1, 0.15) is 96.3 Å².